The van der Waals surface area contributed by atoms with Crippen molar-refractivity contribution in [2.24, 2.45) is 5.92 Å². The van der Waals surface area contributed by atoms with E-state index in [-0.39, 0.29) is 0 Å². The zero-order valence-corrected chi connectivity index (χ0v) is 15.3. The Kier molecular flexibility index (Phi) is 7.05. The molecule has 0 aromatic heterocycles. The lowest BCUT2D eigenvalue weighted by molar-refractivity contribution is -0.484. The maximum absolute atomic E-state index is 12.7. The maximum atomic E-state index is 12.7. The maximum Gasteiger partial charge on any atom is 0.292 e. The predicted octanol–water partition coefficient (Wildman–Crippen LogP) is 3.29. The van der Waals surface area contributed by atoms with E-state index in [1.807, 2.05) is 0 Å². The second-order valence-electron chi connectivity index (χ2n) is 6.09. The molecule has 0 fully saturated rings. The molecule has 2 atom stereocenters. The number of methoxy groups -OCH3 is 1. The van der Waals surface area contributed by atoms with Crippen LogP contribution < -0.4 is 10.1 Å². The minimum absolute atomic E-state index is 0.311. The van der Waals surface area contributed by atoms with Crippen LogP contribution in [0.2, 0.25) is 0 Å². The fraction of sp³-hybridized carbons (Fsp3) is 0.300. The van der Waals surface area contributed by atoms with Crippen LogP contribution in [0.4, 0.5) is 5.69 Å². The molecule has 2 rings (SSSR count). The first-order valence-electron chi connectivity index (χ1n) is 8.62. The molecule has 1 amide bonds. The van der Waals surface area contributed by atoms with Gasteiger partial charge in [0.1, 0.15) is 5.75 Å². The molecule has 1 N–H and O–H groups in total. The number of rotatable bonds is 9. The normalized spacial score (nSPS) is 12.7. The minimum Gasteiger partial charge on any atom is -0.497 e. The van der Waals surface area contributed by atoms with E-state index in [0.717, 1.165) is 0 Å². The molecule has 0 radical (unpaired) electrons. The number of hydrogen-bond acceptors (Lipinski definition) is 5. The number of nitro groups is 1. The number of hydrogen-bond donors (Lipinski definition) is 1. The van der Waals surface area contributed by atoms with Crippen LogP contribution in [0.25, 0.3) is 0 Å². The Morgan fingerprint density at radius 1 is 1.11 bits per heavy atom. The fourth-order valence-corrected chi connectivity index (χ4v) is 3.01. The summed E-state index contributed by atoms with van der Waals surface area (Å²) in [6.07, 6.45) is 0.311. The third-order valence-electron chi connectivity index (χ3n) is 4.41. The lowest BCUT2D eigenvalue weighted by Gasteiger charge is -2.22. The van der Waals surface area contributed by atoms with Crippen molar-refractivity contribution in [3.63, 3.8) is 0 Å². The topological polar surface area (TPSA) is 98.5 Å². The van der Waals surface area contributed by atoms with Gasteiger partial charge in [-0.05, 0) is 36.2 Å². The molecule has 0 saturated carbocycles. The van der Waals surface area contributed by atoms with E-state index in [2.05, 4.69) is 5.32 Å². The SMILES string of the molecule is CC[C@@H](C(=O)C(=O)Nc1ccccc1)[C@H](C[N+](=O)[O-])c1ccc(OC)cc1. The summed E-state index contributed by atoms with van der Waals surface area (Å²) in [6, 6.07) is 15.4. The number of anilines is 1. The monoisotopic (exact) mass is 370 g/mol. The molecule has 0 aliphatic rings. The van der Waals surface area contributed by atoms with Crippen molar-refractivity contribution in [1.29, 1.82) is 0 Å². The number of Topliss-reactive ketones (excluding diaryl/α,β-unsaturated/α-hetero) is 1. The highest BCUT2D eigenvalue weighted by atomic mass is 16.6. The van der Waals surface area contributed by atoms with Crippen LogP contribution in [0.1, 0.15) is 24.8 Å². The van der Waals surface area contributed by atoms with Crippen molar-refractivity contribution >= 4 is 17.4 Å². The Hall–Kier alpha value is -3.22. The zero-order chi connectivity index (χ0) is 19.8. The summed E-state index contributed by atoms with van der Waals surface area (Å²) < 4.78 is 5.10. The average molecular weight is 370 g/mol. The number of carbonyl (C=O) groups is 2. The number of carbonyl (C=O) groups excluding carboxylic acids is 2. The smallest absolute Gasteiger partial charge is 0.292 e. The summed E-state index contributed by atoms with van der Waals surface area (Å²) in [7, 11) is 1.52. The third-order valence-corrected chi connectivity index (χ3v) is 4.41. The van der Waals surface area contributed by atoms with Gasteiger partial charge >= 0.3 is 0 Å². The van der Waals surface area contributed by atoms with E-state index in [4.69, 9.17) is 4.74 Å². The Labute approximate surface area is 157 Å². The van der Waals surface area contributed by atoms with Crippen molar-refractivity contribution in [1.82, 2.24) is 0 Å². The molecule has 2 aromatic carbocycles. The van der Waals surface area contributed by atoms with E-state index in [0.29, 0.717) is 23.4 Å². The van der Waals surface area contributed by atoms with E-state index in [9.17, 15) is 19.7 Å². The lowest BCUT2D eigenvalue weighted by Crippen LogP contribution is -2.35. The summed E-state index contributed by atoms with van der Waals surface area (Å²) in [6.45, 7) is 1.31. The second kappa shape index (κ2) is 9.47. The third kappa shape index (κ3) is 5.37. The van der Waals surface area contributed by atoms with Crippen LogP contribution >= 0.6 is 0 Å². The first-order valence-corrected chi connectivity index (χ1v) is 8.62. The molecule has 0 saturated heterocycles. The molecule has 27 heavy (non-hydrogen) atoms. The molecule has 2 aromatic rings. The summed E-state index contributed by atoms with van der Waals surface area (Å²) in [5, 5.41) is 13.7. The van der Waals surface area contributed by atoms with Crippen LogP contribution in [0, 0.1) is 16.0 Å². The Morgan fingerprint density at radius 3 is 2.26 bits per heavy atom. The summed E-state index contributed by atoms with van der Waals surface area (Å²) in [4.78, 5) is 35.8. The molecule has 0 heterocycles. The van der Waals surface area contributed by atoms with Crippen LogP contribution in [0.3, 0.4) is 0 Å². The number of amides is 1. The van der Waals surface area contributed by atoms with Crippen molar-refractivity contribution < 1.29 is 19.2 Å². The highest BCUT2D eigenvalue weighted by Crippen LogP contribution is 2.30. The zero-order valence-electron chi connectivity index (χ0n) is 15.3. The van der Waals surface area contributed by atoms with Crippen LogP contribution in [0.15, 0.2) is 54.6 Å². The van der Waals surface area contributed by atoms with Gasteiger partial charge in [-0.1, -0.05) is 37.3 Å². The van der Waals surface area contributed by atoms with Gasteiger partial charge in [-0.3, -0.25) is 19.7 Å². The molecular weight excluding hydrogens is 348 g/mol. The number of benzene rings is 2. The van der Waals surface area contributed by atoms with Gasteiger partial charge in [-0.15, -0.1) is 0 Å². The van der Waals surface area contributed by atoms with E-state index in [1.54, 1.807) is 61.5 Å². The average Bonchev–Trinajstić information content (AvgIpc) is 2.68. The quantitative estimate of drug-likeness (QED) is 0.415. The van der Waals surface area contributed by atoms with Crippen LogP contribution in [-0.2, 0) is 9.59 Å². The number of ketones is 1. The van der Waals surface area contributed by atoms with Crippen molar-refractivity contribution in [3.05, 3.63) is 70.3 Å². The highest BCUT2D eigenvalue weighted by molar-refractivity contribution is 6.41. The van der Waals surface area contributed by atoms with Crippen molar-refractivity contribution in [3.8, 4) is 5.75 Å². The molecular formula is C20H22N2O5. The first kappa shape index (κ1) is 20.1. The van der Waals surface area contributed by atoms with Gasteiger partial charge in [-0.25, -0.2) is 0 Å². The van der Waals surface area contributed by atoms with E-state index in [1.165, 1.54) is 7.11 Å². The van der Waals surface area contributed by atoms with Crippen molar-refractivity contribution in [2.45, 2.75) is 19.3 Å². The minimum atomic E-state index is -0.799. The molecule has 0 aliphatic carbocycles. The van der Waals surface area contributed by atoms with Gasteiger partial charge in [0.05, 0.1) is 13.0 Å². The standard InChI is InChI=1S/C20H22N2O5/c1-3-17(19(23)20(24)21-15-7-5-4-6-8-15)18(13-22(25)26)14-9-11-16(27-2)12-10-14/h4-12,17-18H,3,13H2,1-2H3,(H,21,24)/t17-,18-/m1/s1. The summed E-state index contributed by atoms with van der Waals surface area (Å²) in [5.74, 6) is -2.32. The van der Waals surface area contributed by atoms with E-state index >= 15 is 0 Å². The van der Waals surface area contributed by atoms with Gasteiger partial charge in [0.15, 0.2) is 0 Å². The van der Waals surface area contributed by atoms with Gasteiger partial charge in [0, 0.05) is 16.5 Å². The van der Waals surface area contributed by atoms with Gasteiger partial charge in [-0.2, -0.15) is 0 Å². The number of nitrogens with one attached hydrogen (secondary N) is 1. The molecule has 0 bridgehead atoms. The molecule has 7 nitrogen and oxygen atoms in total. The Balaban J connectivity index is 2.25. The highest BCUT2D eigenvalue weighted by Gasteiger charge is 2.35. The molecule has 7 heteroatoms. The molecule has 0 spiro atoms. The predicted molar refractivity (Wildman–Crippen MR) is 101 cm³/mol. The molecule has 142 valence electrons. The van der Waals surface area contributed by atoms with Crippen LogP contribution in [0.5, 0.6) is 5.75 Å². The summed E-state index contributed by atoms with van der Waals surface area (Å²) >= 11 is 0. The number of para-hydroxylation sites is 1. The Morgan fingerprint density at radius 2 is 1.74 bits per heavy atom. The van der Waals surface area contributed by atoms with Crippen molar-refractivity contribution in [2.75, 3.05) is 19.0 Å². The fourth-order valence-electron chi connectivity index (χ4n) is 3.01. The van der Waals surface area contributed by atoms with E-state index < -0.39 is 35.0 Å². The van der Waals surface area contributed by atoms with Gasteiger partial charge in [0.2, 0.25) is 12.3 Å². The Bertz CT molecular complexity index is 790. The lowest BCUT2D eigenvalue weighted by atomic mass is 9.81. The number of ether oxygens (including phenoxy) is 1. The largest absolute Gasteiger partial charge is 0.497 e. The van der Waals surface area contributed by atoms with Gasteiger partial charge in [0.25, 0.3) is 5.91 Å². The first-order chi connectivity index (χ1) is 13.0. The van der Waals surface area contributed by atoms with Gasteiger partial charge < -0.3 is 10.1 Å². The molecule has 0 aliphatic heterocycles. The van der Waals surface area contributed by atoms with Crippen LogP contribution in [-0.4, -0.2) is 30.3 Å². The molecule has 0 unspecified atom stereocenters. The second-order valence-corrected chi connectivity index (χ2v) is 6.09. The summed E-state index contributed by atoms with van der Waals surface area (Å²) in [5.41, 5.74) is 1.13. The number of nitrogens with zero attached hydrogens (tertiary/aromatic N) is 1.